The third-order valence-electron chi connectivity index (χ3n) is 4.65. The molecule has 1 aliphatic heterocycles. The first-order valence-electron chi connectivity index (χ1n) is 8.85. The molecule has 1 heterocycles. The largest absolute Gasteiger partial charge is 0.355 e. The highest BCUT2D eigenvalue weighted by Crippen LogP contribution is 2.12. The van der Waals surface area contributed by atoms with Gasteiger partial charge in [0.25, 0.3) is 0 Å². The van der Waals surface area contributed by atoms with Gasteiger partial charge in [-0.15, -0.1) is 0 Å². The molecule has 1 atom stereocenters. The van der Waals surface area contributed by atoms with Crippen LogP contribution in [0.5, 0.6) is 0 Å². The molecule has 1 aliphatic rings. The lowest BCUT2D eigenvalue weighted by atomic mass is 9.98. The summed E-state index contributed by atoms with van der Waals surface area (Å²) in [5.41, 5.74) is 1.36. The normalized spacial score (nSPS) is 17.8. The van der Waals surface area contributed by atoms with Crippen molar-refractivity contribution in [3.8, 4) is 0 Å². The zero-order valence-corrected chi connectivity index (χ0v) is 14.6. The van der Waals surface area contributed by atoms with Crippen LogP contribution in [0.3, 0.4) is 0 Å². The van der Waals surface area contributed by atoms with Gasteiger partial charge >= 0.3 is 0 Å². The quantitative estimate of drug-likeness (QED) is 0.797. The number of carbonyl (C=O) groups excluding carboxylic acids is 1. The minimum Gasteiger partial charge on any atom is -0.355 e. The fraction of sp³-hybridized carbons (Fsp3) is 0.632. The summed E-state index contributed by atoms with van der Waals surface area (Å²) in [4.78, 5) is 16.8. The number of nitrogens with one attached hydrogen (secondary N) is 1. The molecule has 4 nitrogen and oxygen atoms in total. The summed E-state index contributed by atoms with van der Waals surface area (Å²) in [6.45, 7) is 8.39. The van der Waals surface area contributed by atoms with Crippen molar-refractivity contribution in [3.05, 3.63) is 35.9 Å². The maximum absolute atomic E-state index is 12.0. The average molecular weight is 317 g/mol. The molecule has 2 rings (SSSR count). The Hall–Kier alpha value is -1.39. The summed E-state index contributed by atoms with van der Waals surface area (Å²) < 4.78 is 0. The van der Waals surface area contributed by atoms with Gasteiger partial charge in [-0.1, -0.05) is 37.3 Å². The Bertz CT molecular complexity index is 455. The predicted molar refractivity (Wildman–Crippen MR) is 95.5 cm³/mol. The van der Waals surface area contributed by atoms with E-state index >= 15 is 0 Å². The molecule has 1 aromatic rings. The summed E-state index contributed by atoms with van der Waals surface area (Å²) in [5, 5.41) is 3.08. The van der Waals surface area contributed by atoms with Crippen LogP contribution in [0.15, 0.2) is 30.3 Å². The van der Waals surface area contributed by atoms with Crippen molar-refractivity contribution in [2.45, 2.75) is 26.2 Å². The number of benzene rings is 1. The Morgan fingerprint density at radius 2 is 1.87 bits per heavy atom. The van der Waals surface area contributed by atoms with Crippen molar-refractivity contribution in [2.75, 3.05) is 46.3 Å². The van der Waals surface area contributed by atoms with Crippen LogP contribution in [0.2, 0.25) is 0 Å². The van der Waals surface area contributed by atoms with Gasteiger partial charge in [0, 0.05) is 45.7 Å². The van der Waals surface area contributed by atoms with E-state index in [1.54, 1.807) is 0 Å². The monoisotopic (exact) mass is 317 g/mol. The minimum atomic E-state index is 0.194. The fourth-order valence-electron chi connectivity index (χ4n) is 2.97. The molecule has 0 unspecified atom stereocenters. The van der Waals surface area contributed by atoms with Gasteiger partial charge < -0.3 is 10.2 Å². The van der Waals surface area contributed by atoms with E-state index in [1.165, 1.54) is 5.56 Å². The Balaban J connectivity index is 1.55. The van der Waals surface area contributed by atoms with Gasteiger partial charge in [0.05, 0.1) is 0 Å². The molecule has 1 amide bonds. The average Bonchev–Trinajstić information content (AvgIpc) is 2.56. The Labute approximate surface area is 140 Å². The number of hydrogen-bond donors (Lipinski definition) is 1. The molecule has 23 heavy (non-hydrogen) atoms. The minimum absolute atomic E-state index is 0.194. The van der Waals surface area contributed by atoms with Crippen molar-refractivity contribution in [1.82, 2.24) is 15.1 Å². The highest BCUT2D eigenvalue weighted by Gasteiger charge is 2.14. The van der Waals surface area contributed by atoms with Gasteiger partial charge in [-0.05, 0) is 31.4 Å². The van der Waals surface area contributed by atoms with E-state index in [2.05, 4.69) is 53.4 Å². The number of nitrogens with zero attached hydrogens (tertiary/aromatic N) is 2. The third kappa shape index (κ3) is 7.14. The molecule has 1 aromatic carbocycles. The molecule has 128 valence electrons. The lowest BCUT2D eigenvalue weighted by Crippen LogP contribution is -2.47. The van der Waals surface area contributed by atoms with Crippen molar-refractivity contribution in [2.24, 2.45) is 5.92 Å². The summed E-state index contributed by atoms with van der Waals surface area (Å²) in [6.07, 6.45) is 2.75. The van der Waals surface area contributed by atoms with Gasteiger partial charge in [-0.3, -0.25) is 9.69 Å². The fourth-order valence-corrected chi connectivity index (χ4v) is 2.97. The highest BCUT2D eigenvalue weighted by molar-refractivity contribution is 5.76. The number of piperazine rings is 1. The van der Waals surface area contributed by atoms with E-state index in [9.17, 15) is 4.79 Å². The lowest BCUT2D eigenvalue weighted by Gasteiger charge is -2.32. The first kappa shape index (κ1) is 18.0. The first-order valence-corrected chi connectivity index (χ1v) is 8.85. The molecule has 0 aliphatic carbocycles. The molecule has 0 aromatic heterocycles. The van der Waals surface area contributed by atoms with E-state index in [-0.39, 0.29) is 5.91 Å². The van der Waals surface area contributed by atoms with Crippen LogP contribution in [0.4, 0.5) is 0 Å². The Morgan fingerprint density at radius 1 is 1.17 bits per heavy atom. The summed E-state index contributed by atoms with van der Waals surface area (Å²) >= 11 is 0. The van der Waals surface area contributed by atoms with Gasteiger partial charge in [-0.25, -0.2) is 0 Å². The second-order valence-electron chi connectivity index (χ2n) is 6.83. The van der Waals surface area contributed by atoms with E-state index < -0.39 is 0 Å². The Morgan fingerprint density at radius 3 is 2.57 bits per heavy atom. The van der Waals surface area contributed by atoms with Gasteiger partial charge in [0.1, 0.15) is 0 Å². The highest BCUT2D eigenvalue weighted by atomic mass is 16.1. The van der Waals surface area contributed by atoms with Crippen LogP contribution in [0.1, 0.15) is 25.3 Å². The first-order chi connectivity index (χ1) is 11.1. The van der Waals surface area contributed by atoms with Crippen LogP contribution in [-0.4, -0.2) is 62.0 Å². The second kappa shape index (κ2) is 9.68. The number of hydrogen-bond acceptors (Lipinski definition) is 3. The van der Waals surface area contributed by atoms with Crippen molar-refractivity contribution in [3.63, 3.8) is 0 Å². The molecule has 0 radical (unpaired) electrons. The van der Waals surface area contributed by atoms with Crippen molar-refractivity contribution >= 4 is 5.91 Å². The molecular weight excluding hydrogens is 286 g/mol. The number of amides is 1. The third-order valence-corrected chi connectivity index (χ3v) is 4.65. The molecule has 1 fully saturated rings. The number of carbonyl (C=O) groups is 1. The van der Waals surface area contributed by atoms with E-state index in [0.717, 1.165) is 52.1 Å². The van der Waals surface area contributed by atoms with Gasteiger partial charge in [0.15, 0.2) is 0 Å². The van der Waals surface area contributed by atoms with Crippen LogP contribution >= 0.6 is 0 Å². The predicted octanol–water partition coefficient (Wildman–Crippen LogP) is 2.01. The van der Waals surface area contributed by atoms with Gasteiger partial charge in [0.2, 0.25) is 5.91 Å². The van der Waals surface area contributed by atoms with Crippen molar-refractivity contribution in [1.29, 1.82) is 0 Å². The maximum atomic E-state index is 12.0. The van der Waals surface area contributed by atoms with E-state index in [1.807, 2.05) is 6.07 Å². The molecule has 0 saturated carbocycles. The van der Waals surface area contributed by atoms with Crippen molar-refractivity contribution < 1.29 is 4.79 Å². The topological polar surface area (TPSA) is 35.6 Å². The molecule has 0 bridgehead atoms. The zero-order chi connectivity index (χ0) is 16.5. The van der Waals surface area contributed by atoms with E-state index in [0.29, 0.717) is 12.3 Å². The summed E-state index contributed by atoms with van der Waals surface area (Å²) in [7, 11) is 2.16. The zero-order valence-electron chi connectivity index (χ0n) is 14.6. The van der Waals surface area contributed by atoms with Crippen LogP contribution in [-0.2, 0) is 11.2 Å². The standard InChI is InChI=1S/C19H31N3O/c1-17(8-9-18-6-4-3-5-7-18)16-19(23)20-10-11-22-14-12-21(2)13-15-22/h3-7,17H,8-16H2,1-2H3,(H,20,23)/t17-/m1/s1. The molecular formula is C19H31N3O. The number of aryl methyl sites for hydroxylation is 1. The number of rotatable bonds is 8. The van der Waals surface area contributed by atoms with E-state index in [4.69, 9.17) is 0 Å². The van der Waals surface area contributed by atoms with Crippen LogP contribution in [0.25, 0.3) is 0 Å². The smallest absolute Gasteiger partial charge is 0.220 e. The summed E-state index contributed by atoms with van der Waals surface area (Å²) in [6, 6.07) is 10.5. The van der Waals surface area contributed by atoms with Gasteiger partial charge in [-0.2, -0.15) is 0 Å². The molecule has 1 saturated heterocycles. The molecule has 1 N–H and O–H groups in total. The SMILES string of the molecule is C[C@H](CCc1ccccc1)CC(=O)NCCN1CCN(C)CC1. The molecule has 4 heteroatoms. The summed E-state index contributed by atoms with van der Waals surface area (Å²) in [5.74, 6) is 0.624. The lowest BCUT2D eigenvalue weighted by molar-refractivity contribution is -0.122. The number of likely N-dealkylation sites (N-methyl/N-ethyl adjacent to an activating group) is 1. The Kier molecular flexibility index (Phi) is 7.56. The van der Waals surface area contributed by atoms with Crippen LogP contribution < -0.4 is 5.32 Å². The maximum Gasteiger partial charge on any atom is 0.220 e. The van der Waals surface area contributed by atoms with Crippen LogP contribution in [0, 0.1) is 5.92 Å². The molecule has 0 spiro atoms. The second-order valence-corrected chi connectivity index (χ2v) is 6.83.